The van der Waals surface area contributed by atoms with Crippen LogP contribution in [0.2, 0.25) is 10.0 Å². The molecule has 0 saturated heterocycles. The molecule has 16 nitrogen and oxygen atoms in total. The van der Waals surface area contributed by atoms with Crippen LogP contribution in [0.3, 0.4) is 0 Å². The average molecular weight is 1010 g/mol. The van der Waals surface area contributed by atoms with Crippen LogP contribution in [0.1, 0.15) is 51.3 Å². The molecule has 21 heteroatoms. The Morgan fingerprint density at radius 3 is 1.42 bits per heavy atom. The number of halogens is 5. The lowest BCUT2D eigenvalue weighted by Crippen LogP contribution is -2.32. The van der Waals surface area contributed by atoms with E-state index in [1.54, 1.807) is 36.4 Å². The summed E-state index contributed by atoms with van der Waals surface area (Å²) in [6.07, 6.45) is 0.204. The van der Waals surface area contributed by atoms with Gasteiger partial charge in [0, 0.05) is 50.2 Å². The number of hydrogen-bond acceptors (Lipinski definition) is 12. The Bertz CT molecular complexity index is 2770. The van der Waals surface area contributed by atoms with Gasteiger partial charge in [-0.3, -0.25) is 28.8 Å². The largest absolute Gasteiger partial charge is 0.495 e. The highest BCUT2D eigenvalue weighted by molar-refractivity contribution is 6.32. The Morgan fingerprint density at radius 2 is 1.00 bits per heavy atom. The smallest absolute Gasteiger partial charge is 0.258 e. The zero-order valence-corrected chi connectivity index (χ0v) is 39.9. The molecule has 4 N–H and O–H groups in total. The van der Waals surface area contributed by atoms with Crippen molar-refractivity contribution in [2.24, 2.45) is 20.5 Å². The first kappa shape index (κ1) is 51.6. The van der Waals surface area contributed by atoms with Crippen molar-refractivity contribution in [1.29, 1.82) is 0 Å². The SMILES string of the molecule is COc1cc(CCl)ccc1NC(=O)c1cc(Cl)cc(N=NC(C(C)=O)C(=O)Nc2ccc(NC(=O)C(N=Nc3cc(Cl)cc(C(=O)Nc4ccc(CCl)cc4OC)c3)C(C)=O)c(CCCl)c2)c1. The molecular formula is C46H41Cl5N8O8. The number of hydrogen-bond donors (Lipinski definition) is 4. The molecule has 0 bridgehead atoms. The molecule has 0 aliphatic heterocycles. The first-order valence-electron chi connectivity index (χ1n) is 19.9. The molecule has 0 aliphatic rings. The number of nitrogens with zero attached hydrogens (tertiary/aromatic N) is 4. The predicted octanol–water partition coefficient (Wildman–Crippen LogP) is 11.1. The molecule has 0 spiro atoms. The Morgan fingerprint density at radius 1 is 0.552 bits per heavy atom. The fourth-order valence-electron chi connectivity index (χ4n) is 6.16. The fraction of sp³-hybridized carbons (Fsp3) is 0.217. The molecule has 2 unspecified atom stereocenters. The van der Waals surface area contributed by atoms with E-state index in [1.165, 1.54) is 68.8 Å². The van der Waals surface area contributed by atoms with Crippen LogP contribution in [-0.2, 0) is 37.4 Å². The number of ether oxygens (including phenoxy) is 2. The standard InChI is InChI=1S/C46H41Cl5N8O8/c1-24(60)41(58-56-34-18-29(15-31(50)20-34)43(62)54-37-8-5-26(22-48)13-39(37)66-3)45(64)52-33-7-10-36(28(17-33)11-12-47)53-46(65)42(25(2)61)59-57-35-19-30(16-32(51)21-35)44(63)55-38-9-6-27(23-49)14-40(38)67-4/h5-10,13-21,41-42H,11-12,22-23H2,1-4H3,(H,52,64)(H,53,65)(H,54,62)(H,55,63). The van der Waals surface area contributed by atoms with Crippen LogP contribution >= 0.6 is 58.0 Å². The summed E-state index contributed by atoms with van der Waals surface area (Å²) in [5.41, 5.74) is 3.63. The van der Waals surface area contributed by atoms with E-state index in [2.05, 4.69) is 41.7 Å². The lowest BCUT2D eigenvalue weighted by molar-refractivity contribution is -0.127. The van der Waals surface area contributed by atoms with E-state index in [4.69, 9.17) is 67.5 Å². The quantitative estimate of drug-likeness (QED) is 0.0333. The number of methoxy groups -OCH3 is 2. The van der Waals surface area contributed by atoms with E-state index in [1.807, 2.05) is 0 Å². The van der Waals surface area contributed by atoms with Crippen molar-refractivity contribution in [2.75, 3.05) is 41.4 Å². The molecule has 0 aliphatic carbocycles. The van der Waals surface area contributed by atoms with Crippen LogP contribution in [0.4, 0.5) is 34.1 Å². The van der Waals surface area contributed by atoms with Gasteiger partial charge in [-0.05, 0) is 116 Å². The average Bonchev–Trinajstić information content (AvgIpc) is 3.29. The van der Waals surface area contributed by atoms with Crippen LogP contribution in [0.5, 0.6) is 11.5 Å². The van der Waals surface area contributed by atoms with Crippen LogP contribution in [0.15, 0.2) is 111 Å². The van der Waals surface area contributed by atoms with Crippen molar-refractivity contribution in [3.05, 3.63) is 129 Å². The topological polar surface area (TPSA) is 218 Å². The van der Waals surface area contributed by atoms with Gasteiger partial charge in [0.2, 0.25) is 12.1 Å². The van der Waals surface area contributed by atoms with Crippen molar-refractivity contribution in [1.82, 2.24) is 0 Å². The van der Waals surface area contributed by atoms with E-state index in [9.17, 15) is 28.8 Å². The number of aryl methyl sites for hydroxylation is 1. The van der Waals surface area contributed by atoms with Gasteiger partial charge in [-0.15, -0.1) is 34.8 Å². The highest BCUT2D eigenvalue weighted by atomic mass is 35.5. The summed E-state index contributed by atoms with van der Waals surface area (Å²) >= 11 is 30.6. The highest BCUT2D eigenvalue weighted by Gasteiger charge is 2.26. The molecule has 348 valence electrons. The normalized spacial score (nSPS) is 12.0. The van der Waals surface area contributed by atoms with E-state index >= 15 is 0 Å². The maximum absolute atomic E-state index is 13.5. The molecule has 0 radical (unpaired) electrons. The highest BCUT2D eigenvalue weighted by Crippen LogP contribution is 2.31. The summed E-state index contributed by atoms with van der Waals surface area (Å²) in [6, 6.07) is 19.7. The van der Waals surface area contributed by atoms with Gasteiger partial charge in [0.25, 0.3) is 23.6 Å². The Kier molecular flexibility index (Phi) is 18.8. The minimum atomic E-state index is -1.62. The number of anilines is 4. The number of carbonyl (C=O) groups excluding carboxylic acids is 6. The van der Waals surface area contributed by atoms with Gasteiger partial charge in [0.15, 0.2) is 11.6 Å². The summed E-state index contributed by atoms with van der Waals surface area (Å²) in [6.45, 7) is 2.32. The second-order valence-electron chi connectivity index (χ2n) is 14.4. The second kappa shape index (κ2) is 24.4. The summed E-state index contributed by atoms with van der Waals surface area (Å²) < 4.78 is 10.7. The van der Waals surface area contributed by atoms with Gasteiger partial charge >= 0.3 is 0 Å². The summed E-state index contributed by atoms with van der Waals surface area (Å²) in [5.74, 6) is -2.68. The third-order valence-electron chi connectivity index (χ3n) is 9.47. The Labute approximate surface area is 409 Å². The van der Waals surface area contributed by atoms with Gasteiger partial charge in [0.1, 0.15) is 11.5 Å². The third-order valence-corrected chi connectivity index (χ3v) is 10.7. The van der Waals surface area contributed by atoms with Gasteiger partial charge in [0.05, 0.1) is 37.0 Å². The number of benzene rings is 5. The lowest BCUT2D eigenvalue weighted by Gasteiger charge is -2.15. The molecule has 5 aromatic carbocycles. The van der Waals surface area contributed by atoms with E-state index in [-0.39, 0.29) is 68.0 Å². The van der Waals surface area contributed by atoms with Crippen molar-refractivity contribution in [2.45, 2.75) is 44.1 Å². The maximum atomic E-state index is 13.5. The zero-order chi connectivity index (χ0) is 48.8. The lowest BCUT2D eigenvalue weighted by atomic mass is 10.1. The van der Waals surface area contributed by atoms with Crippen molar-refractivity contribution >= 4 is 127 Å². The summed E-state index contributed by atoms with van der Waals surface area (Å²) in [4.78, 5) is 78.7. The second-order valence-corrected chi connectivity index (χ2v) is 16.2. The van der Waals surface area contributed by atoms with Crippen LogP contribution in [0, 0.1) is 0 Å². The molecule has 0 heterocycles. The Hall–Kier alpha value is -6.43. The molecule has 0 saturated carbocycles. The van der Waals surface area contributed by atoms with Gasteiger partial charge in [-0.2, -0.15) is 20.5 Å². The van der Waals surface area contributed by atoms with Crippen LogP contribution in [-0.4, -0.2) is 67.4 Å². The van der Waals surface area contributed by atoms with Crippen molar-refractivity contribution in [3.8, 4) is 11.5 Å². The summed E-state index contributed by atoms with van der Waals surface area (Å²) in [7, 11) is 2.91. The van der Waals surface area contributed by atoms with Gasteiger partial charge in [-0.25, -0.2) is 0 Å². The first-order valence-corrected chi connectivity index (χ1v) is 22.2. The molecule has 5 aromatic rings. The molecule has 0 aromatic heterocycles. The van der Waals surface area contributed by atoms with E-state index < -0.39 is 47.3 Å². The number of azo groups is 2. The number of rotatable bonds is 20. The predicted molar refractivity (Wildman–Crippen MR) is 260 cm³/mol. The fourth-order valence-corrected chi connectivity index (χ4v) is 7.15. The summed E-state index contributed by atoms with van der Waals surface area (Å²) in [5, 5.41) is 27.1. The zero-order valence-electron chi connectivity index (χ0n) is 36.1. The third kappa shape index (κ3) is 14.3. The molecule has 0 fully saturated rings. The number of amides is 4. The van der Waals surface area contributed by atoms with Crippen molar-refractivity contribution < 1.29 is 38.2 Å². The van der Waals surface area contributed by atoms with E-state index in [0.717, 1.165) is 25.0 Å². The molecule has 5 rings (SSSR count). The first-order chi connectivity index (χ1) is 32.0. The monoisotopic (exact) mass is 1010 g/mol. The van der Waals surface area contributed by atoms with Gasteiger partial charge in [-0.1, -0.05) is 35.3 Å². The number of nitrogens with one attached hydrogen (secondary N) is 4. The number of Topliss-reactive ketones (excluding diaryl/α,β-unsaturated/α-hetero) is 2. The molecule has 4 amide bonds. The Balaban J connectivity index is 1.28. The number of carbonyl (C=O) groups is 6. The minimum Gasteiger partial charge on any atom is -0.495 e. The van der Waals surface area contributed by atoms with E-state index in [0.29, 0.717) is 28.4 Å². The maximum Gasteiger partial charge on any atom is 0.258 e. The number of alkyl halides is 3. The minimum absolute atomic E-state index is 0.0828. The van der Waals surface area contributed by atoms with Crippen LogP contribution < -0.4 is 30.7 Å². The molecule has 2 atom stereocenters. The molecule has 67 heavy (non-hydrogen) atoms. The van der Waals surface area contributed by atoms with Crippen LogP contribution in [0.25, 0.3) is 0 Å². The number of ketones is 2. The van der Waals surface area contributed by atoms with Crippen molar-refractivity contribution in [3.63, 3.8) is 0 Å². The molecular weight excluding hydrogens is 970 g/mol. The van der Waals surface area contributed by atoms with Gasteiger partial charge < -0.3 is 30.7 Å².